The molecule has 0 fully saturated rings. The van der Waals surface area contributed by atoms with Crippen LogP contribution in [0, 0.1) is 0 Å². The highest BCUT2D eigenvalue weighted by atomic mass is 16.5. The largest absolute Gasteiger partial charge is 0.369 e. The van der Waals surface area contributed by atoms with Crippen molar-refractivity contribution in [1.82, 2.24) is 19.6 Å². The summed E-state index contributed by atoms with van der Waals surface area (Å²) in [5.41, 5.74) is 2.65. The number of rotatable bonds is 4. The van der Waals surface area contributed by atoms with Crippen molar-refractivity contribution >= 4 is 5.91 Å². The zero-order valence-electron chi connectivity index (χ0n) is 13.9. The number of carbonyl (C=O) groups is 1. The fourth-order valence-corrected chi connectivity index (χ4v) is 2.84. The van der Waals surface area contributed by atoms with Gasteiger partial charge < -0.3 is 14.5 Å². The number of fused-ring (bicyclic) bond motifs is 1. The second-order valence-corrected chi connectivity index (χ2v) is 6.16. The third-order valence-electron chi connectivity index (χ3n) is 3.94. The lowest BCUT2D eigenvalue weighted by Gasteiger charge is -2.26. The van der Waals surface area contributed by atoms with E-state index in [0.29, 0.717) is 12.2 Å². The Morgan fingerprint density at radius 1 is 1.33 bits per heavy atom. The number of carbonyl (C=O) groups excluding carboxylic acids is 1. The zero-order chi connectivity index (χ0) is 15.7. The van der Waals surface area contributed by atoms with E-state index in [2.05, 4.69) is 10.00 Å². The van der Waals surface area contributed by atoms with Crippen molar-refractivity contribution in [2.45, 2.75) is 32.5 Å². The molecule has 2 heterocycles. The second-order valence-electron chi connectivity index (χ2n) is 6.16. The Kier molecular flexibility index (Phi) is 4.68. The first-order valence-electron chi connectivity index (χ1n) is 7.42. The van der Waals surface area contributed by atoms with Crippen molar-refractivity contribution in [3.05, 3.63) is 17.0 Å². The van der Waals surface area contributed by atoms with E-state index in [1.165, 1.54) is 0 Å². The molecule has 2 rings (SSSR count). The summed E-state index contributed by atoms with van der Waals surface area (Å²) < 4.78 is 7.62. The highest BCUT2D eigenvalue weighted by Crippen LogP contribution is 2.31. The minimum atomic E-state index is -0.0186. The van der Waals surface area contributed by atoms with Gasteiger partial charge in [0.2, 0.25) is 0 Å². The molecule has 0 aromatic carbocycles. The van der Waals surface area contributed by atoms with Crippen molar-refractivity contribution in [2.75, 3.05) is 34.2 Å². The van der Waals surface area contributed by atoms with Crippen LogP contribution in [-0.2, 0) is 18.2 Å². The zero-order valence-corrected chi connectivity index (χ0v) is 13.9. The molecule has 0 spiro atoms. The topological polar surface area (TPSA) is 50.6 Å². The smallest absolute Gasteiger partial charge is 0.274 e. The van der Waals surface area contributed by atoms with Gasteiger partial charge in [-0.25, -0.2) is 0 Å². The highest BCUT2D eigenvalue weighted by molar-refractivity contribution is 5.94. The number of aromatic nitrogens is 2. The van der Waals surface area contributed by atoms with Crippen LogP contribution >= 0.6 is 0 Å². The van der Waals surface area contributed by atoms with Crippen molar-refractivity contribution in [1.29, 1.82) is 0 Å². The monoisotopic (exact) mass is 294 g/mol. The summed E-state index contributed by atoms with van der Waals surface area (Å²) in [6.45, 7) is 5.59. The molecule has 0 unspecified atom stereocenters. The van der Waals surface area contributed by atoms with E-state index >= 15 is 0 Å². The van der Waals surface area contributed by atoms with Crippen molar-refractivity contribution in [3.63, 3.8) is 0 Å². The predicted octanol–water partition coefficient (Wildman–Crippen LogP) is 1.08. The van der Waals surface area contributed by atoms with Gasteiger partial charge in [-0.3, -0.25) is 9.48 Å². The predicted molar refractivity (Wildman–Crippen MR) is 81.4 cm³/mol. The van der Waals surface area contributed by atoms with Crippen LogP contribution in [0.4, 0.5) is 0 Å². The fraction of sp³-hybridized carbons (Fsp3) is 0.733. The standard InChI is InChI=1S/C15H26N4O2/c1-10-9-12-13(15(20)18(5)8-7-17(3)4)16-19(6)14(12)11(2)21-10/h10-11H,7-9H2,1-6H3/t10-,11+/m1/s1. The number of hydrogen-bond donors (Lipinski definition) is 0. The van der Waals surface area contributed by atoms with E-state index in [-0.39, 0.29) is 18.1 Å². The van der Waals surface area contributed by atoms with Gasteiger partial charge in [-0.05, 0) is 27.9 Å². The molecule has 6 heteroatoms. The van der Waals surface area contributed by atoms with Gasteiger partial charge in [-0.15, -0.1) is 0 Å². The lowest BCUT2D eigenvalue weighted by molar-refractivity contribution is -0.00906. The van der Waals surface area contributed by atoms with E-state index < -0.39 is 0 Å². The van der Waals surface area contributed by atoms with E-state index in [1.807, 2.05) is 42.0 Å². The SMILES string of the molecule is C[C@@H]1Cc2c(C(=O)N(C)CCN(C)C)nn(C)c2[C@H](C)O1. The van der Waals surface area contributed by atoms with Crippen LogP contribution in [0.25, 0.3) is 0 Å². The molecule has 1 aliphatic rings. The third kappa shape index (κ3) is 3.27. The molecule has 0 saturated heterocycles. The third-order valence-corrected chi connectivity index (χ3v) is 3.94. The Morgan fingerprint density at radius 3 is 2.62 bits per heavy atom. The molecule has 1 aliphatic heterocycles. The van der Waals surface area contributed by atoms with E-state index in [1.54, 1.807) is 9.58 Å². The maximum absolute atomic E-state index is 12.6. The van der Waals surface area contributed by atoms with Gasteiger partial charge >= 0.3 is 0 Å². The maximum Gasteiger partial charge on any atom is 0.274 e. The van der Waals surface area contributed by atoms with E-state index in [9.17, 15) is 4.79 Å². The van der Waals surface area contributed by atoms with Gasteiger partial charge in [-0.2, -0.15) is 5.10 Å². The van der Waals surface area contributed by atoms with Gasteiger partial charge in [0.25, 0.3) is 5.91 Å². The molecule has 118 valence electrons. The summed E-state index contributed by atoms with van der Waals surface area (Å²) in [6.07, 6.45) is 0.848. The number of amides is 1. The summed E-state index contributed by atoms with van der Waals surface area (Å²) in [7, 11) is 7.72. The lowest BCUT2D eigenvalue weighted by atomic mass is 9.99. The van der Waals surface area contributed by atoms with Crippen molar-refractivity contribution in [3.8, 4) is 0 Å². The molecular weight excluding hydrogens is 268 g/mol. The maximum atomic E-state index is 12.6. The normalized spacial score (nSPS) is 21.5. The summed E-state index contributed by atoms with van der Waals surface area (Å²) in [5, 5.41) is 4.46. The summed E-state index contributed by atoms with van der Waals surface area (Å²) in [4.78, 5) is 16.5. The number of aryl methyl sites for hydroxylation is 1. The van der Waals surface area contributed by atoms with Crippen LogP contribution in [0.1, 0.15) is 41.7 Å². The van der Waals surface area contributed by atoms with Gasteiger partial charge in [-0.1, -0.05) is 0 Å². The molecule has 6 nitrogen and oxygen atoms in total. The van der Waals surface area contributed by atoms with Gasteiger partial charge in [0.05, 0.1) is 17.9 Å². The average Bonchev–Trinajstić information content (AvgIpc) is 2.72. The lowest BCUT2D eigenvalue weighted by Crippen LogP contribution is -2.34. The molecule has 0 saturated carbocycles. The summed E-state index contributed by atoms with van der Waals surface area (Å²) >= 11 is 0. The molecule has 0 bridgehead atoms. The second kappa shape index (κ2) is 6.15. The molecular formula is C15H26N4O2. The Bertz CT molecular complexity index is 524. The fourth-order valence-electron chi connectivity index (χ4n) is 2.84. The molecule has 1 aromatic heterocycles. The molecule has 1 amide bonds. The van der Waals surface area contributed by atoms with E-state index in [0.717, 1.165) is 24.2 Å². The minimum Gasteiger partial charge on any atom is -0.369 e. The molecule has 0 aliphatic carbocycles. The first-order chi connectivity index (χ1) is 9.81. The van der Waals surface area contributed by atoms with Gasteiger partial charge in [0, 0.05) is 39.2 Å². The number of likely N-dealkylation sites (N-methyl/N-ethyl adjacent to an activating group) is 2. The molecule has 21 heavy (non-hydrogen) atoms. The van der Waals surface area contributed by atoms with Gasteiger partial charge in [0.15, 0.2) is 5.69 Å². The minimum absolute atomic E-state index is 0.00463. The van der Waals surface area contributed by atoms with Crippen LogP contribution in [0.5, 0.6) is 0 Å². The van der Waals surface area contributed by atoms with Crippen molar-refractivity contribution in [2.24, 2.45) is 7.05 Å². The first kappa shape index (κ1) is 16.0. The Morgan fingerprint density at radius 2 is 2.00 bits per heavy atom. The van der Waals surface area contributed by atoms with Crippen molar-refractivity contribution < 1.29 is 9.53 Å². The van der Waals surface area contributed by atoms with Crippen LogP contribution in [-0.4, -0.2) is 65.8 Å². The van der Waals surface area contributed by atoms with Crippen LogP contribution in [0.3, 0.4) is 0 Å². The summed E-state index contributed by atoms with van der Waals surface area (Å²) in [5.74, 6) is -0.00463. The Labute approximate surface area is 126 Å². The summed E-state index contributed by atoms with van der Waals surface area (Å²) in [6, 6.07) is 0. The van der Waals surface area contributed by atoms with Gasteiger partial charge in [0.1, 0.15) is 0 Å². The molecule has 0 radical (unpaired) electrons. The van der Waals surface area contributed by atoms with Crippen LogP contribution < -0.4 is 0 Å². The highest BCUT2D eigenvalue weighted by Gasteiger charge is 2.32. The number of ether oxygens (including phenoxy) is 1. The van der Waals surface area contributed by atoms with Crippen LogP contribution in [0.15, 0.2) is 0 Å². The Hall–Kier alpha value is -1.40. The molecule has 0 N–H and O–H groups in total. The average molecular weight is 294 g/mol. The van der Waals surface area contributed by atoms with E-state index in [4.69, 9.17) is 4.74 Å². The van der Waals surface area contributed by atoms with Crippen LogP contribution in [0.2, 0.25) is 0 Å². The Balaban J connectivity index is 2.24. The molecule has 1 aromatic rings. The molecule has 2 atom stereocenters. The quantitative estimate of drug-likeness (QED) is 0.834. The first-order valence-corrected chi connectivity index (χ1v) is 7.42. The number of nitrogens with zero attached hydrogens (tertiary/aromatic N) is 4. The number of hydrogen-bond acceptors (Lipinski definition) is 4.